The van der Waals surface area contributed by atoms with Gasteiger partial charge in [-0.25, -0.2) is 0 Å². The molecule has 0 aliphatic rings. The molecule has 0 spiro atoms. The molecule has 20 heavy (non-hydrogen) atoms. The van der Waals surface area contributed by atoms with E-state index in [1.165, 1.54) is 0 Å². The molecule has 106 valence electrons. The Balaban J connectivity index is 0.00000200. The molecule has 3 nitrogen and oxygen atoms in total. The molecule has 2 aromatic rings. The van der Waals surface area contributed by atoms with Crippen LogP contribution >= 0.6 is 0 Å². The summed E-state index contributed by atoms with van der Waals surface area (Å²) in [5, 5.41) is 9.11. The van der Waals surface area contributed by atoms with Gasteiger partial charge in [0.1, 0.15) is 6.04 Å². The Kier molecular flexibility index (Phi) is 6.22. The first-order valence-electron chi connectivity index (χ1n) is 6.33. The standard InChI is InChI=1S/C16H17NO2.ClH/c17-16(13-9-5-2-6-10-13)14(11-15(18)19)12-7-3-1-4-8-12;/h1-10,14,16H,11,17H2,(H,18,19);1H. The highest BCUT2D eigenvalue weighted by atomic mass is 35.5. The number of carbonyl (C=O) groups is 1. The minimum absolute atomic E-state index is 0. The number of quaternary nitrogens is 1. The number of carboxylic acid groups (broad SMARTS) is 1. The van der Waals surface area contributed by atoms with Crippen LogP contribution in [0.25, 0.3) is 0 Å². The van der Waals surface area contributed by atoms with E-state index in [2.05, 4.69) is 5.73 Å². The van der Waals surface area contributed by atoms with E-state index in [4.69, 9.17) is 5.11 Å². The van der Waals surface area contributed by atoms with Gasteiger partial charge in [-0.3, -0.25) is 4.79 Å². The highest BCUT2D eigenvalue weighted by Gasteiger charge is 2.26. The van der Waals surface area contributed by atoms with Gasteiger partial charge in [-0.05, 0) is 5.56 Å². The molecule has 2 rings (SSSR count). The van der Waals surface area contributed by atoms with Crippen molar-refractivity contribution in [2.24, 2.45) is 0 Å². The zero-order chi connectivity index (χ0) is 13.7. The van der Waals surface area contributed by atoms with E-state index in [0.717, 1.165) is 11.1 Å². The van der Waals surface area contributed by atoms with Gasteiger partial charge in [0.05, 0.1) is 12.3 Å². The van der Waals surface area contributed by atoms with Gasteiger partial charge in [0, 0.05) is 5.56 Å². The predicted octanol–water partition coefficient (Wildman–Crippen LogP) is -0.768. The van der Waals surface area contributed by atoms with E-state index in [9.17, 15) is 4.79 Å². The lowest BCUT2D eigenvalue weighted by Gasteiger charge is -2.20. The molecule has 0 aliphatic carbocycles. The molecular weight excluding hydrogens is 274 g/mol. The Morgan fingerprint density at radius 3 is 1.85 bits per heavy atom. The molecule has 0 saturated carbocycles. The lowest BCUT2D eigenvalue weighted by Crippen LogP contribution is -3.00. The molecule has 0 amide bonds. The van der Waals surface area contributed by atoms with Crippen molar-refractivity contribution in [3.8, 4) is 0 Å². The summed E-state index contributed by atoms with van der Waals surface area (Å²) < 4.78 is 0. The van der Waals surface area contributed by atoms with Crippen LogP contribution in [0, 0.1) is 0 Å². The summed E-state index contributed by atoms with van der Waals surface area (Å²) in [5.41, 5.74) is 6.26. The van der Waals surface area contributed by atoms with Gasteiger partial charge in [0.25, 0.3) is 0 Å². The van der Waals surface area contributed by atoms with Crippen molar-refractivity contribution in [2.45, 2.75) is 18.4 Å². The number of carboxylic acids is 1. The SMILES string of the molecule is [Cl-].[NH3+]C(c1ccccc1)C(CC(=O)O)c1ccccc1. The summed E-state index contributed by atoms with van der Waals surface area (Å²) in [6, 6.07) is 19.5. The number of hydrogen-bond donors (Lipinski definition) is 2. The summed E-state index contributed by atoms with van der Waals surface area (Å²) in [7, 11) is 0. The van der Waals surface area contributed by atoms with Crippen LogP contribution in [-0.4, -0.2) is 11.1 Å². The highest BCUT2D eigenvalue weighted by Crippen LogP contribution is 2.30. The van der Waals surface area contributed by atoms with Gasteiger partial charge in [-0.15, -0.1) is 0 Å². The number of rotatable bonds is 5. The molecule has 0 saturated heterocycles. The molecule has 0 fully saturated rings. The van der Waals surface area contributed by atoms with Gasteiger partial charge in [0.2, 0.25) is 0 Å². The summed E-state index contributed by atoms with van der Waals surface area (Å²) in [6.07, 6.45) is 0.0904. The van der Waals surface area contributed by atoms with Crippen molar-refractivity contribution in [3.63, 3.8) is 0 Å². The molecule has 0 bridgehead atoms. The van der Waals surface area contributed by atoms with Gasteiger partial charge in [-0.1, -0.05) is 60.7 Å². The molecular formula is C16H18ClNO2. The van der Waals surface area contributed by atoms with Crippen molar-refractivity contribution in [1.29, 1.82) is 0 Å². The maximum atomic E-state index is 11.1. The van der Waals surface area contributed by atoms with E-state index in [1.54, 1.807) is 0 Å². The molecule has 4 N–H and O–H groups in total. The Hall–Kier alpha value is -1.84. The fourth-order valence-corrected chi connectivity index (χ4v) is 2.31. The van der Waals surface area contributed by atoms with Crippen molar-refractivity contribution in [1.82, 2.24) is 0 Å². The zero-order valence-corrected chi connectivity index (χ0v) is 11.8. The number of halogens is 1. The lowest BCUT2D eigenvalue weighted by atomic mass is 9.85. The predicted molar refractivity (Wildman–Crippen MR) is 73.5 cm³/mol. The number of benzene rings is 2. The van der Waals surface area contributed by atoms with Crippen molar-refractivity contribution >= 4 is 5.97 Å². The summed E-state index contributed by atoms with van der Waals surface area (Å²) in [6.45, 7) is 0. The Bertz CT molecular complexity index is 531. The minimum Gasteiger partial charge on any atom is -1.00 e. The van der Waals surface area contributed by atoms with E-state index in [0.29, 0.717) is 0 Å². The molecule has 0 aliphatic heterocycles. The van der Waals surface area contributed by atoms with Crippen LogP contribution in [0.4, 0.5) is 0 Å². The minimum atomic E-state index is -0.793. The second-order valence-corrected chi connectivity index (χ2v) is 4.63. The fourth-order valence-electron chi connectivity index (χ4n) is 2.31. The van der Waals surface area contributed by atoms with Crippen LogP contribution in [0.5, 0.6) is 0 Å². The fraction of sp³-hybridized carbons (Fsp3) is 0.188. The maximum absolute atomic E-state index is 11.1. The second kappa shape index (κ2) is 7.68. The Morgan fingerprint density at radius 1 is 0.950 bits per heavy atom. The van der Waals surface area contributed by atoms with Gasteiger partial charge in [0.15, 0.2) is 0 Å². The van der Waals surface area contributed by atoms with Crippen LogP contribution in [0.1, 0.15) is 29.5 Å². The monoisotopic (exact) mass is 291 g/mol. The van der Waals surface area contributed by atoms with Gasteiger partial charge in [-0.2, -0.15) is 0 Å². The van der Waals surface area contributed by atoms with Crippen LogP contribution in [0.2, 0.25) is 0 Å². The van der Waals surface area contributed by atoms with E-state index in [-0.39, 0.29) is 30.8 Å². The third-order valence-corrected chi connectivity index (χ3v) is 3.34. The van der Waals surface area contributed by atoms with Crippen molar-refractivity contribution < 1.29 is 28.0 Å². The topological polar surface area (TPSA) is 64.9 Å². The first-order valence-corrected chi connectivity index (χ1v) is 6.33. The van der Waals surface area contributed by atoms with E-state index < -0.39 is 5.97 Å². The molecule has 2 unspecified atom stereocenters. The molecule has 0 aromatic heterocycles. The van der Waals surface area contributed by atoms with Crippen LogP contribution in [-0.2, 0) is 4.79 Å². The van der Waals surface area contributed by atoms with Crippen LogP contribution in [0.15, 0.2) is 60.7 Å². The third kappa shape index (κ3) is 4.08. The van der Waals surface area contributed by atoms with Crippen molar-refractivity contribution in [3.05, 3.63) is 71.8 Å². The van der Waals surface area contributed by atoms with Gasteiger partial charge < -0.3 is 23.2 Å². The average molecular weight is 292 g/mol. The molecule has 2 atom stereocenters. The lowest BCUT2D eigenvalue weighted by molar-refractivity contribution is -0.432. The largest absolute Gasteiger partial charge is 1.00 e. The van der Waals surface area contributed by atoms with Crippen LogP contribution < -0.4 is 18.1 Å². The quantitative estimate of drug-likeness (QED) is 0.760. The Labute approximate surface area is 124 Å². The molecule has 0 heterocycles. The second-order valence-electron chi connectivity index (χ2n) is 4.63. The summed E-state index contributed by atoms with van der Waals surface area (Å²) in [5.74, 6) is -0.903. The van der Waals surface area contributed by atoms with Crippen LogP contribution in [0.3, 0.4) is 0 Å². The molecule has 2 aromatic carbocycles. The third-order valence-electron chi connectivity index (χ3n) is 3.34. The van der Waals surface area contributed by atoms with E-state index >= 15 is 0 Å². The Morgan fingerprint density at radius 2 is 1.40 bits per heavy atom. The average Bonchev–Trinajstić information content (AvgIpc) is 2.46. The number of hydrogen-bond acceptors (Lipinski definition) is 1. The highest BCUT2D eigenvalue weighted by molar-refractivity contribution is 5.68. The summed E-state index contributed by atoms with van der Waals surface area (Å²) in [4.78, 5) is 11.1. The summed E-state index contributed by atoms with van der Waals surface area (Å²) >= 11 is 0. The normalized spacial score (nSPS) is 13.1. The smallest absolute Gasteiger partial charge is 0.304 e. The number of aliphatic carboxylic acids is 1. The molecule has 0 radical (unpaired) electrons. The van der Waals surface area contributed by atoms with Gasteiger partial charge >= 0.3 is 5.97 Å². The van der Waals surface area contributed by atoms with Crippen molar-refractivity contribution in [2.75, 3.05) is 0 Å². The first kappa shape index (κ1) is 16.2. The van der Waals surface area contributed by atoms with E-state index in [1.807, 2.05) is 60.7 Å². The first-order chi connectivity index (χ1) is 9.18. The maximum Gasteiger partial charge on any atom is 0.304 e. The zero-order valence-electron chi connectivity index (χ0n) is 11.1. The molecule has 4 heteroatoms.